The smallest absolute Gasteiger partial charge is 0.229 e. The molecule has 2 aliphatic heterocycles. The van der Waals surface area contributed by atoms with Gasteiger partial charge < -0.3 is 19.9 Å². The molecule has 1 saturated heterocycles. The molecular formula is C18H26N4O3. The van der Waals surface area contributed by atoms with Crippen LogP contribution < -0.4 is 10.6 Å². The largest absolute Gasteiger partial charge is 0.375 e. The third kappa shape index (κ3) is 3.17. The lowest BCUT2D eigenvalue weighted by atomic mass is 9.78. The predicted molar refractivity (Wildman–Crippen MR) is 92.1 cm³/mol. The quantitative estimate of drug-likeness (QED) is 0.856. The van der Waals surface area contributed by atoms with Crippen LogP contribution in [0, 0.1) is 0 Å². The van der Waals surface area contributed by atoms with Crippen molar-refractivity contribution in [3.8, 4) is 0 Å². The molecule has 7 nitrogen and oxygen atoms in total. The van der Waals surface area contributed by atoms with E-state index < -0.39 is 5.92 Å². The summed E-state index contributed by atoms with van der Waals surface area (Å²) in [6, 6.07) is 0.126. The van der Waals surface area contributed by atoms with Crippen molar-refractivity contribution in [1.82, 2.24) is 14.9 Å². The number of carbonyl (C=O) groups excluding carboxylic acids is 2. The molecule has 1 spiro atoms. The molecule has 2 atom stereocenters. The topological polar surface area (TPSA) is 85.2 Å². The zero-order valence-electron chi connectivity index (χ0n) is 14.7. The number of amides is 2. The molecule has 1 aromatic rings. The Bertz CT molecular complexity index is 672. The van der Waals surface area contributed by atoms with E-state index in [9.17, 15) is 9.59 Å². The van der Waals surface area contributed by atoms with Crippen LogP contribution in [-0.2, 0) is 21.4 Å². The van der Waals surface area contributed by atoms with E-state index in [1.54, 1.807) is 6.33 Å². The van der Waals surface area contributed by atoms with Gasteiger partial charge in [-0.2, -0.15) is 0 Å². The normalized spacial score (nSPS) is 28.3. The molecule has 2 fully saturated rings. The number of rotatable bonds is 2. The molecule has 3 heterocycles. The summed E-state index contributed by atoms with van der Waals surface area (Å²) in [6.07, 6.45) is 9.43. The Morgan fingerprint density at radius 1 is 1.40 bits per heavy atom. The molecule has 4 rings (SSSR count). The SMILES string of the molecule is Cn1cnc2c1C(C(=O)NC1CCOC3(CCCCC3)C1)CC(=O)N2. The zero-order chi connectivity index (χ0) is 17.4. The molecule has 3 aliphatic rings. The minimum absolute atomic E-state index is 0.0456. The fraction of sp³-hybridized carbons (Fsp3) is 0.722. The van der Waals surface area contributed by atoms with Crippen molar-refractivity contribution >= 4 is 17.6 Å². The molecule has 0 bridgehead atoms. The maximum absolute atomic E-state index is 12.9. The maximum Gasteiger partial charge on any atom is 0.229 e. The monoisotopic (exact) mass is 346 g/mol. The third-order valence-corrected chi connectivity index (χ3v) is 5.88. The highest BCUT2D eigenvalue weighted by Gasteiger charge is 2.40. The molecule has 7 heteroatoms. The highest BCUT2D eigenvalue weighted by atomic mass is 16.5. The molecular weight excluding hydrogens is 320 g/mol. The first-order chi connectivity index (χ1) is 12.1. The Labute approximate surface area is 147 Å². The second-order valence-corrected chi connectivity index (χ2v) is 7.68. The summed E-state index contributed by atoms with van der Waals surface area (Å²) < 4.78 is 7.94. The number of carbonyl (C=O) groups is 2. The van der Waals surface area contributed by atoms with E-state index in [-0.39, 0.29) is 29.9 Å². The Hall–Kier alpha value is -1.89. The Balaban J connectivity index is 1.47. The molecule has 2 unspecified atom stereocenters. The van der Waals surface area contributed by atoms with Gasteiger partial charge in [0.2, 0.25) is 11.8 Å². The third-order valence-electron chi connectivity index (χ3n) is 5.88. The van der Waals surface area contributed by atoms with E-state index in [0.717, 1.165) is 31.4 Å². The van der Waals surface area contributed by atoms with Gasteiger partial charge in [0.05, 0.1) is 23.5 Å². The van der Waals surface area contributed by atoms with Crippen molar-refractivity contribution < 1.29 is 14.3 Å². The van der Waals surface area contributed by atoms with Crippen molar-refractivity contribution in [1.29, 1.82) is 0 Å². The van der Waals surface area contributed by atoms with Crippen molar-refractivity contribution in [2.75, 3.05) is 11.9 Å². The first kappa shape index (κ1) is 16.6. The number of aryl methyl sites for hydroxylation is 1. The van der Waals surface area contributed by atoms with E-state index in [0.29, 0.717) is 12.4 Å². The minimum Gasteiger partial charge on any atom is -0.375 e. The van der Waals surface area contributed by atoms with Crippen molar-refractivity contribution in [2.24, 2.45) is 7.05 Å². The van der Waals surface area contributed by atoms with Gasteiger partial charge in [-0.25, -0.2) is 4.98 Å². The molecule has 136 valence electrons. The van der Waals surface area contributed by atoms with Crippen LogP contribution in [0.1, 0.15) is 63.0 Å². The Morgan fingerprint density at radius 2 is 2.20 bits per heavy atom. The summed E-state index contributed by atoms with van der Waals surface area (Å²) in [6.45, 7) is 0.701. The minimum atomic E-state index is -0.471. The lowest BCUT2D eigenvalue weighted by Crippen LogP contribution is -2.50. The number of anilines is 1. The molecule has 1 aromatic heterocycles. The molecule has 1 saturated carbocycles. The first-order valence-corrected chi connectivity index (χ1v) is 9.32. The van der Waals surface area contributed by atoms with E-state index in [1.165, 1.54) is 19.3 Å². The van der Waals surface area contributed by atoms with Gasteiger partial charge in [-0.1, -0.05) is 19.3 Å². The van der Waals surface area contributed by atoms with Gasteiger partial charge in [0.1, 0.15) is 0 Å². The molecule has 1 aliphatic carbocycles. The summed E-state index contributed by atoms with van der Waals surface area (Å²) >= 11 is 0. The summed E-state index contributed by atoms with van der Waals surface area (Å²) in [5.41, 5.74) is 0.743. The van der Waals surface area contributed by atoms with Gasteiger partial charge in [0.15, 0.2) is 5.82 Å². The van der Waals surface area contributed by atoms with Crippen LogP contribution in [0.4, 0.5) is 5.82 Å². The van der Waals surface area contributed by atoms with E-state index in [1.807, 2.05) is 11.6 Å². The van der Waals surface area contributed by atoms with E-state index >= 15 is 0 Å². The highest BCUT2D eigenvalue weighted by molar-refractivity contribution is 5.99. The molecule has 2 amide bonds. The number of hydrogen-bond donors (Lipinski definition) is 2. The van der Waals surface area contributed by atoms with Crippen molar-refractivity contribution in [2.45, 2.75) is 68.9 Å². The van der Waals surface area contributed by atoms with Crippen molar-refractivity contribution in [3.05, 3.63) is 12.0 Å². The second-order valence-electron chi connectivity index (χ2n) is 7.68. The summed E-state index contributed by atoms with van der Waals surface area (Å²) in [7, 11) is 1.86. The average Bonchev–Trinajstić information content (AvgIpc) is 2.96. The van der Waals surface area contributed by atoms with E-state index in [4.69, 9.17) is 4.74 Å². The fourth-order valence-corrected chi connectivity index (χ4v) is 4.63. The lowest BCUT2D eigenvalue weighted by Gasteiger charge is -2.44. The van der Waals surface area contributed by atoms with Crippen LogP contribution in [0.15, 0.2) is 6.33 Å². The highest BCUT2D eigenvalue weighted by Crippen LogP contribution is 2.39. The fourth-order valence-electron chi connectivity index (χ4n) is 4.63. The molecule has 2 N–H and O–H groups in total. The number of imidazole rings is 1. The van der Waals surface area contributed by atoms with Crippen LogP contribution >= 0.6 is 0 Å². The second kappa shape index (κ2) is 6.44. The maximum atomic E-state index is 12.9. The molecule has 0 radical (unpaired) electrons. The van der Waals surface area contributed by atoms with Crippen molar-refractivity contribution in [3.63, 3.8) is 0 Å². The number of ether oxygens (including phenoxy) is 1. The lowest BCUT2D eigenvalue weighted by molar-refractivity contribution is -0.132. The summed E-state index contributed by atoms with van der Waals surface area (Å²) in [5.74, 6) is -0.185. The predicted octanol–water partition coefficient (Wildman–Crippen LogP) is 1.84. The average molecular weight is 346 g/mol. The number of hydrogen-bond acceptors (Lipinski definition) is 4. The van der Waals surface area contributed by atoms with Crippen LogP contribution in [-0.4, -0.2) is 39.6 Å². The summed E-state index contributed by atoms with van der Waals surface area (Å²) in [4.78, 5) is 29.0. The first-order valence-electron chi connectivity index (χ1n) is 9.32. The number of nitrogens with zero attached hydrogens (tertiary/aromatic N) is 2. The molecule has 25 heavy (non-hydrogen) atoms. The number of nitrogens with one attached hydrogen (secondary N) is 2. The Morgan fingerprint density at radius 3 is 3.00 bits per heavy atom. The number of aromatic nitrogens is 2. The van der Waals surface area contributed by atoms with Crippen LogP contribution in [0.3, 0.4) is 0 Å². The van der Waals surface area contributed by atoms with Gasteiger partial charge in [-0.05, 0) is 25.7 Å². The number of fused-ring (bicyclic) bond motifs is 1. The van der Waals surface area contributed by atoms with E-state index in [2.05, 4.69) is 15.6 Å². The molecule has 0 aromatic carbocycles. The standard InChI is InChI=1S/C18H26N4O3/c1-22-11-19-16-15(22)13(9-14(23)21-16)17(24)20-12-5-8-25-18(10-12)6-3-2-4-7-18/h11-13H,2-10H2,1H3,(H,20,24)(H,21,23). The zero-order valence-corrected chi connectivity index (χ0v) is 14.7. The van der Waals surface area contributed by atoms with Gasteiger partial charge in [0.25, 0.3) is 0 Å². The van der Waals surface area contributed by atoms with Crippen LogP contribution in [0.2, 0.25) is 0 Å². The van der Waals surface area contributed by atoms with Crippen LogP contribution in [0.5, 0.6) is 0 Å². The Kier molecular flexibility index (Phi) is 4.27. The van der Waals surface area contributed by atoms with Gasteiger partial charge >= 0.3 is 0 Å². The van der Waals surface area contributed by atoms with Gasteiger partial charge in [-0.3, -0.25) is 9.59 Å². The van der Waals surface area contributed by atoms with Gasteiger partial charge in [0, 0.05) is 26.1 Å². The summed E-state index contributed by atoms with van der Waals surface area (Å²) in [5, 5.41) is 5.94. The van der Waals surface area contributed by atoms with Crippen LogP contribution in [0.25, 0.3) is 0 Å². The van der Waals surface area contributed by atoms with Gasteiger partial charge in [-0.15, -0.1) is 0 Å².